The maximum atomic E-state index is 12.6. The molecule has 1 saturated heterocycles. The van der Waals surface area contributed by atoms with Crippen molar-refractivity contribution in [2.45, 2.75) is 6.54 Å². The fraction of sp³-hybridized carbons (Fsp3) is 0.350. The van der Waals surface area contributed by atoms with Gasteiger partial charge in [0.1, 0.15) is 11.8 Å². The van der Waals surface area contributed by atoms with Crippen LogP contribution >= 0.6 is 0 Å². The number of fused-ring (bicyclic) bond motifs is 2. The standard InChI is InChI=1S/C20H22N8O2/c1-30-9-8-28-13-25-16-10-14(2-3-15(16)20(28)29)26-4-6-27(7-5-26)19-17-18(22-11-21-17)23-12-24-19/h2-3,10-13H,4-9H2,1H3,(H,21,22,23,24). The zero-order valence-electron chi connectivity index (χ0n) is 16.7. The van der Waals surface area contributed by atoms with Gasteiger partial charge in [0.15, 0.2) is 11.5 Å². The maximum absolute atomic E-state index is 12.6. The molecule has 10 nitrogen and oxygen atoms in total. The third-order valence-electron chi connectivity index (χ3n) is 5.49. The fourth-order valence-corrected chi connectivity index (χ4v) is 3.86. The van der Waals surface area contributed by atoms with Crippen LogP contribution in [0.4, 0.5) is 11.5 Å². The lowest BCUT2D eigenvalue weighted by Gasteiger charge is -2.36. The van der Waals surface area contributed by atoms with Crippen LogP contribution < -0.4 is 15.4 Å². The number of anilines is 2. The Kier molecular flexibility index (Phi) is 4.75. The number of methoxy groups -OCH3 is 1. The van der Waals surface area contributed by atoms with Gasteiger partial charge in [0.25, 0.3) is 5.56 Å². The monoisotopic (exact) mass is 406 g/mol. The van der Waals surface area contributed by atoms with E-state index in [0.29, 0.717) is 29.7 Å². The minimum Gasteiger partial charge on any atom is -0.383 e. The van der Waals surface area contributed by atoms with Gasteiger partial charge >= 0.3 is 0 Å². The molecule has 0 amide bonds. The SMILES string of the molecule is COCCn1cnc2cc(N3CCN(c4ncnc5nc[nH]c45)CC3)ccc2c1=O. The fourth-order valence-electron chi connectivity index (χ4n) is 3.86. The largest absolute Gasteiger partial charge is 0.383 e. The zero-order valence-corrected chi connectivity index (χ0v) is 16.7. The van der Waals surface area contributed by atoms with Gasteiger partial charge in [-0.1, -0.05) is 0 Å². The van der Waals surface area contributed by atoms with Crippen LogP contribution in [0.2, 0.25) is 0 Å². The van der Waals surface area contributed by atoms with Crippen molar-refractivity contribution in [3.05, 3.63) is 47.5 Å². The molecule has 0 unspecified atom stereocenters. The highest BCUT2D eigenvalue weighted by Crippen LogP contribution is 2.24. The minimum atomic E-state index is -0.0410. The normalized spacial score (nSPS) is 14.7. The lowest BCUT2D eigenvalue weighted by Crippen LogP contribution is -2.47. The number of ether oxygens (including phenoxy) is 1. The smallest absolute Gasteiger partial charge is 0.261 e. The van der Waals surface area contributed by atoms with Gasteiger partial charge in [0, 0.05) is 39.0 Å². The van der Waals surface area contributed by atoms with Crippen molar-refractivity contribution in [2.24, 2.45) is 0 Å². The van der Waals surface area contributed by atoms with E-state index in [9.17, 15) is 4.79 Å². The summed E-state index contributed by atoms with van der Waals surface area (Å²) in [5.41, 5.74) is 3.28. The highest BCUT2D eigenvalue weighted by atomic mass is 16.5. The molecule has 0 saturated carbocycles. The number of hydrogen-bond donors (Lipinski definition) is 1. The molecule has 1 aromatic carbocycles. The number of rotatable bonds is 5. The summed E-state index contributed by atoms with van der Waals surface area (Å²) in [6.45, 7) is 4.32. The molecule has 1 aliphatic rings. The van der Waals surface area contributed by atoms with Crippen LogP contribution in [-0.4, -0.2) is 69.4 Å². The van der Waals surface area contributed by atoms with Crippen LogP contribution in [-0.2, 0) is 11.3 Å². The van der Waals surface area contributed by atoms with Gasteiger partial charge in [-0.2, -0.15) is 0 Å². The first-order valence-electron chi connectivity index (χ1n) is 9.87. The van der Waals surface area contributed by atoms with Crippen molar-refractivity contribution in [1.29, 1.82) is 0 Å². The van der Waals surface area contributed by atoms with Gasteiger partial charge in [-0.15, -0.1) is 0 Å². The Balaban J connectivity index is 1.34. The number of hydrogen-bond acceptors (Lipinski definition) is 8. The second-order valence-electron chi connectivity index (χ2n) is 7.21. The van der Waals surface area contributed by atoms with Crippen LogP contribution in [0.1, 0.15) is 0 Å². The second kappa shape index (κ2) is 7.71. The lowest BCUT2D eigenvalue weighted by atomic mass is 10.2. The van der Waals surface area contributed by atoms with E-state index in [1.807, 2.05) is 18.2 Å². The maximum Gasteiger partial charge on any atom is 0.261 e. The predicted octanol–water partition coefficient (Wildman–Crippen LogP) is 1.04. The molecule has 5 rings (SSSR count). The van der Waals surface area contributed by atoms with Crippen molar-refractivity contribution in [3.8, 4) is 0 Å². The molecule has 0 radical (unpaired) electrons. The molecule has 1 N–H and O–H groups in total. The molecule has 4 aromatic rings. The Morgan fingerprint density at radius 1 is 1.07 bits per heavy atom. The quantitative estimate of drug-likeness (QED) is 0.524. The van der Waals surface area contributed by atoms with Crippen LogP contribution in [0.15, 0.2) is 42.0 Å². The third kappa shape index (κ3) is 3.24. The summed E-state index contributed by atoms with van der Waals surface area (Å²) in [6.07, 6.45) is 4.79. The molecule has 154 valence electrons. The number of imidazole rings is 1. The van der Waals surface area contributed by atoms with E-state index in [2.05, 4.69) is 34.7 Å². The molecule has 30 heavy (non-hydrogen) atoms. The second-order valence-corrected chi connectivity index (χ2v) is 7.21. The summed E-state index contributed by atoms with van der Waals surface area (Å²) in [4.78, 5) is 37.6. The Morgan fingerprint density at radius 3 is 2.73 bits per heavy atom. The summed E-state index contributed by atoms with van der Waals surface area (Å²) >= 11 is 0. The molecule has 3 aromatic heterocycles. The summed E-state index contributed by atoms with van der Waals surface area (Å²) in [6, 6.07) is 5.86. The van der Waals surface area contributed by atoms with Gasteiger partial charge in [0.05, 0.1) is 36.7 Å². The van der Waals surface area contributed by atoms with Crippen molar-refractivity contribution in [2.75, 3.05) is 49.7 Å². The summed E-state index contributed by atoms with van der Waals surface area (Å²) in [7, 11) is 1.62. The van der Waals surface area contributed by atoms with Crippen LogP contribution in [0, 0.1) is 0 Å². The molecule has 0 spiro atoms. The number of H-pyrrole nitrogens is 1. The average Bonchev–Trinajstić information content (AvgIpc) is 3.28. The molecule has 1 fully saturated rings. The van der Waals surface area contributed by atoms with Crippen LogP contribution in [0.3, 0.4) is 0 Å². The van der Waals surface area contributed by atoms with Gasteiger partial charge in [-0.25, -0.2) is 19.9 Å². The van der Waals surface area contributed by atoms with E-state index in [4.69, 9.17) is 4.74 Å². The van der Waals surface area contributed by atoms with Gasteiger partial charge in [-0.3, -0.25) is 9.36 Å². The first kappa shape index (κ1) is 18.5. The van der Waals surface area contributed by atoms with Gasteiger partial charge in [-0.05, 0) is 18.2 Å². The van der Waals surface area contributed by atoms with Crippen molar-refractivity contribution >= 4 is 33.6 Å². The third-order valence-corrected chi connectivity index (χ3v) is 5.49. The molecular weight excluding hydrogens is 384 g/mol. The summed E-state index contributed by atoms with van der Waals surface area (Å²) in [5, 5.41) is 0.624. The van der Waals surface area contributed by atoms with Crippen molar-refractivity contribution in [1.82, 2.24) is 29.5 Å². The van der Waals surface area contributed by atoms with E-state index in [1.165, 1.54) is 0 Å². The van der Waals surface area contributed by atoms with E-state index >= 15 is 0 Å². The average molecular weight is 406 g/mol. The van der Waals surface area contributed by atoms with E-state index in [0.717, 1.165) is 43.2 Å². The summed E-state index contributed by atoms with van der Waals surface area (Å²) in [5.74, 6) is 0.883. The predicted molar refractivity (Wildman–Crippen MR) is 114 cm³/mol. The van der Waals surface area contributed by atoms with E-state index in [-0.39, 0.29) is 5.56 Å². The molecular formula is C20H22N8O2. The molecule has 10 heteroatoms. The topological polar surface area (TPSA) is 105 Å². The zero-order chi connectivity index (χ0) is 20.5. The lowest BCUT2D eigenvalue weighted by molar-refractivity contribution is 0.186. The van der Waals surface area contributed by atoms with Gasteiger partial charge in [0.2, 0.25) is 0 Å². The van der Waals surface area contributed by atoms with Crippen molar-refractivity contribution in [3.63, 3.8) is 0 Å². The van der Waals surface area contributed by atoms with Crippen molar-refractivity contribution < 1.29 is 4.74 Å². The molecule has 1 aliphatic heterocycles. The van der Waals surface area contributed by atoms with Gasteiger partial charge < -0.3 is 19.5 Å². The first-order valence-corrected chi connectivity index (χ1v) is 9.87. The van der Waals surface area contributed by atoms with Crippen LogP contribution in [0.5, 0.6) is 0 Å². The Morgan fingerprint density at radius 2 is 1.90 bits per heavy atom. The number of nitrogens with zero attached hydrogens (tertiary/aromatic N) is 7. The molecule has 0 bridgehead atoms. The Hall–Kier alpha value is -3.53. The minimum absolute atomic E-state index is 0.0410. The highest BCUT2D eigenvalue weighted by Gasteiger charge is 2.21. The molecule has 0 atom stereocenters. The highest BCUT2D eigenvalue weighted by molar-refractivity contribution is 5.83. The molecule has 4 heterocycles. The van der Waals surface area contributed by atoms with E-state index in [1.54, 1.807) is 30.7 Å². The number of benzene rings is 1. The number of piperazine rings is 1. The molecule has 0 aliphatic carbocycles. The van der Waals surface area contributed by atoms with E-state index < -0.39 is 0 Å². The van der Waals surface area contributed by atoms with Crippen LogP contribution in [0.25, 0.3) is 22.1 Å². The first-order chi connectivity index (χ1) is 14.7. The number of nitrogens with one attached hydrogen (secondary N) is 1. The Labute approximate surface area is 172 Å². The Bertz CT molecular complexity index is 1240. The number of aromatic nitrogens is 6. The number of aromatic amines is 1. The summed E-state index contributed by atoms with van der Waals surface area (Å²) < 4.78 is 6.64.